The summed E-state index contributed by atoms with van der Waals surface area (Å²) in [7, 11) is 0. The van der Waals surface area contributed by atoms with Crippen LogP contribution in [0.1, 0.15) is 46.1 Å². The number of rotatable bonds is 5. The van der Waals surface area contributed by atoms with Gasteiger partial charge in [-0.3, -0.25) is 0 Å². The van der Waals surface area contributed by atoms with Crippen LogP contribution in [0.3, 0.4) is 0 Å². The minimum atomic E-state index is 0.580. The maximum Gasteiger partial charge on any atom is 0.0412 e. The molecule has 0 aromatic heterocycles. The number of anilines is 1. The van der Waals surface area contributed by atoms with Gasteiger partial charge in [-0.25, -0.2) is 0 Å². The zero-order valence-corrected chi connectivity index (χ0v) is 13.5. The summed E-state index contributed by atoms with van der Waals surface area (Å²) in [5.41, 5.74) is 2.89. The van der Waals surface area contributed by atoms with Gasteiger partial charge < -0.3 is 10.2 Å². The summed E-state index contributed by atoms with van der Waals surface area (Å²) in [5, 5.41) is 3.73. The smallest absolute Gasteiger partial charge is 0.0412 e. The molecule has 1 aliphatic heterocycles. The van der Waals surface area contributed by atoms with Crippen molar-refractivity contribution in [3.63, 3.8) is 0 Å². The summed E-state index contributed by atoms with van der Waals surface area (Å²) in [6.07, 6.45) is 2.55. The summed E-state index contributed by atoms with van der Waals surface area (Å²) in [5.74, 6) is 1.47. The highest BCUT2D eigenvalue weighted by molar-refractivity contribution is 5.54. The van der Waals surface area contributed by atoms with Crippen molar-refractivity contribution in [3.8, 4) is 0 Å². The number of hydrogen-bond donors (Lipinski definition) is 1. The average molecular weight is 274 g/mol. The van der Waals surface area contributed by atoms with Gasteiger partial charge in [-0.2, -0.15) is 0 Å². The molecule has 2 rings (SSSR count). The van der Waals surface area contributed by atoms with Crippen LogP contribution in [0.25, 0.3) is 0 Å². The fraction of sp³-hybridized carbons (Fsp3) is 0.667. The fourth-order valence-electron chi connectivity index (χ4n) is 3.09. The van der Waals surface area contributed by atoms with E-state index in [0.717, 1.165) is 19.0 Å². The largest absolute Gasteiger partial charge is 0.369 e. The molecular weight excluding hydrogens is 244 g/mol. The summed E-state index contributed by atoms with van der Waals surface area (Å²) in [6.45, 7) is 12.6. The van der Waals surface area contributed by atoms with Crippen LogP contribution in [0, 0.1) is 11.8 Å². The molecule has 1 aliphatic rings. The maximum atomic E-state index is 3.73. The van der Waals surface area contributed by atoms with E-state index in [9.17, 15) is 0 Å². The summed E-state index contributed by atoms with van der Waals surface area (Å²) >= 11 is 0. The van der Waals surface area contributed by atoms with Crippen LogP contribution in [-0.4, -0.2) is 19.1 Å². The summed E-state index contributed by atoms with van der Waals surface area (Å²) < 4.78 is 0. The van der Waals surface area contributed by atoms with Crippen LogP contribution in [-0.2, 0) is 6.54 Å². The van der Waals surface area contributed by atoms with Crippen molar-refractivity contribution in [1.29, 1.82) is 0 Å². The van der Waals surface area contributed by atoms with Crippen LogP contribution < -0.4 is 10.2 Å². The first-order valence-electron chi connectivity index (χ1n) is 8.21. The zero-order valence-electron chi connectivity index (χ0n) is 13.5. The maximum absolute atomic E-state index is 3.73. The Hall–Kier alpha value is -1.02. The second kappa shape index (κ2) is 7.12. The Balaban J connectivity index is 2.23. The molecule has 20 heavy (non-hydrogen) atoms. The molecule has 1 aromatic rings. The van der Waals surface area contributed by atoms with Crippen molar-refractivity contribution in [2.75, 3.05) is 18.0 Å². The van der Waals surface area contributed by atoms with Crippen molar-refractivity contribution in [3.05, 3.63) is 29.8 Å². The number of nitrogens with one attached hydrogen (secondary N) is 1. The fourth-order valence-corrected chi connectivity index (χ4v) is 3.09. The summed E-state index contributed by atoms with van der Waals surface area (Å²) in [4.78, 5) is 2.62. The Kier molecular flexibility index (Phi) is 5.47. The van der Waals surface area contributed by atoms with Crippen LogP contribution in [0.2, 0.25) is 0 Å². The van der Waals surface area contributed by atoms with E-state index in [2.05, 4.69) is 62.2 Å². The van der Waals surface area contributed by atoms with Gasteiger partial charge in [0.05, 0.1) is 0 Å². The molecule has 2 nitrogen and oxygen atoms in total. The van der Waals surface area contributed by atoms with Crippen LogP contribution in [0.15, 0.2) is 24.3 Å². The van der Waals surface area contributed by atoms with Gasteiger partial charge in [-0.1, -0.05) is 58.7 Å². The molecule has 1 atom stereocenters. The van der Waals surface area contributed by atoms with Gasteiger partial charge >= 0.3 is 0 Å². The first kappa shape index (κ1) is 15.4. The second-order valence-electron chi connectivity index (χ2n) is 6.45. The number of nitrogens with zero attached hydrogens (tertiary/aromatic N) is 1. The molecule has 0 radical (unpaired) electrons. The predicted octanol–water partition coefficient (Wildman–Crippen LogP) is 4.06. The molecule has 0 bridgehead atoms. The van der Waals surface area contributed by atoms with E-state index in [0.29, 0.717) is 12.0 Å². The molecule has 0 saturated carbocycles. The van der Waals surface area contributed by atoms with Gasteiger partial charge in [-0.05, 0) is 23.5 Å². The molecule has 1 aromatic carbocycles. The normalized spacial score (nSPS) is 19.3. The molecule has 112 valence electrons. The van der Waals surface area contributed by atoms with Gasteiger partial charge in [0.1, 0.15) is 0 Å². The topological polar surface area (TPSA) is 15.3 Å². The van der Waals surface area contributed by atoms with E-state index >= 15 is 0 Å². The minimum absolute atomic E-state index is 0.580. The first-order valence-corrected chi connectivity index (χ1v) is 8.21. The third-order valence-electron chi connectivity index (χ3n) is 4.74. The van der Waals surface area contributed by atoms with E-state index in [1.807, 2.05) is 0 Å². The van der Waals surface area contributed by atoms with E-state index < -0.39 is 0 Å². The van der Waals surface area contributed by atoms with Crippen molar-refractivity contribution in [1.82, 2.24) is 5.32 Å². The van der Waals surface area contributed by atoms with Crippen molar-refractivity contribution in [2.24, 2.45) is 11.8 Å². The number of benzene rings is 1. The lowest BCUT2D eigenvalue weighted by molar-refractivity contribution is 0.391. The summed E-state index contributed by atoms with van der Waals surface area (Å²) in [6, 6.07) is 9.48. The molecule has 0 fully saturated rings. The third-order valence-corrected chi connectivity index (χ3v) is 4.74. The van der Waals surface area contributed by atoms with E-state index in [1.165, 1.54) is 30.6 Å². The molecule has 1 unspecified atom stereocenters. The van der Waals surface area contributed by atoms with E-state index in [4.69, 9.17) is 0 Å². The van der Waals surface area contributed by atoms with Crippen molar-refractivity contribution < 1.29 is 0 Å². The Morgan fingerprint density at radius 3 is 2.55 bits per heavy atom. The molecule has 0 spiro atoms. The number of fused-ring (bicyclic) bond motifs is 1. The lowest BCUT2D eigenvalue weighted by Gasteiger charge is -2.32. The molecule has 0 saturated heterocycles. The number of hydrogen-bond acceptors (Lipinski definition) is 2. The van der Waals surface area contributed by atoms with Crippen molar-refractivity contribution >= 4 is 5.69 Å². The first-order chi connectivity index (χ1) is 9.65. The standard InChI is InChI=1S/C18H30N2/c1-5-15(6-2)12-20-13-17(14(3)4)19-11-16-9-7-8-10-18(16)20/h7-10,14-15,17,19H,5-6,11-13H2,1-4H3. The van der Waals surface area contributed by atoms with Gasteiger partial charge in [0.15, 0.2) is 0 Å². The Morgan fingerprint density at radius 1 is 1.20 bits per heavy atom. The Bertz CT molecular complexity index is 410. The predicted molar refractivity (Wildman–Crippen MR) is 88.2 cm³/mol. The lowest BCUT2D eigenvalue weighted by atomic mass is 10.00. The Labute approximate surface area is 124 Å². The second-order valence-corrected chi connectivity index (χ2v) is 6.45. The number of para-hydroxylation sites is 1. The lowest BCUT2D eigenvalue weighted by Crippen LogP contribution is -2.43. The van der Waals surface area contributed by atoms with Crippen LogP contribution in [0.5, 0.6) is 0 Å². The quantitative estimate of drug-likeness (QED) is 0.871. The van der Waals surface area contributed by atoms with Gasteiger partial charge in [0.2, 0.25) is 0 Å². The highest BCUT2D eigenvalue weighted by Crippen LogP contribution is 2.26. The van der Waals surface area contributed by atoms with Crippen LogP contribution in [0.4, 0.5) is 5.69 Å². The third kappa shape index (κ3) is 3.54. The zero-order chi connectivity index (χ0) is 14.5. The average Bonchev–Trinajstić information content (AvgIpc) is 2.64. The van der Waals surface area contributed by atoms with Gasteiger partial charge in [0.25, 0.3) is 0 Å². The SMILES string of the molecule is CCC(CC)CN1CC(C(C)C)NCc2ccccc21. The molecular formula is C18H30N2. The Morgan fingerprint density at radius 2 is 1.90 bits per heavy atom. The highest BCUT2D eigenvalue weighted by Gasteiger charge is 2.24. The molecule has 2 heteroatoms. The van der Waals surface area contributed by atoms with E-state index in [1.54, 1.807) is 0 Å². The monoisotopic (exact) mass is 274 g/mol. The van der Waals surface area contributed by atoms with Gasteiger partial charge in [0, 0.05) is 31.4 Å². The molecule has 1 heterocycles. The molecule has 0 aliphatic carbocycles. The van der Waals surface area contributed by atoms with Gasteiger partial charge in [-0.15, -0.1) is 0 Å². The molecule has 1 N–H and O–H groups in total. The van der Waals surface area contributed by atoms with Crippen molar-refractivity contribution in [2.45, 2.75) is 53.1 Å². The van der Waals surface area contributed by atoms with E-state index in [-0.39, 0.29) is 0 Å². The highest BCUT2D eigenvalue weighted by atomic mass is 15.2. The van der Waals surface area contributed by atoms with Crippen LogP contribution >= 0.6 is 0 Å². The molecule has 0 amide bonds. The minimum Gasteiger partial charge on any atom is -0.369 e.